The van der Waals surface area contributed by atoms with Gasteiger partial charge in [0, 0.05) is 0 Å². The topological polar surface area (TPSA) is 20.2 Å². The largest absolute Gasteiger partial charge is 0.393 e. The van der Waals surface area contributed by atoms with Crippen molar-refractivity contribution >= 4 is 0 Å². The van der Waals surface area contributed by atoms with Gasteiger partial charge in [0.25, 0.3) is 0 Å². The first kappa shape index (κ1) is 9.97. The lowest BCUT2D eigenvalue weighted by Crippen LogP contribution is -2.12. The van der Waals surface area contributed by atoms with E-state index in [1.807, 2.05) is 0 Å². The molecule has 1 unspecified atom stereocenters. The van der Waals surface area contributed by atoms with Crippen molar-refractivity contribution in [3.05, 3.63) is 0 Å². The van der Waals surface area contributed by atoms with Gasteiger partial charge in [0.2, 0.25) is 0 Å². The summed E-state index contributed by atoms with van der Waals surface area (Å²) in [6.45, 7) is -0.295. The number of aliphatic hydroxyl groups excluding tert-OH is 1. The van der Waals surface area contributed by atoms with Crippen LogP contribution >= 0.6 is 0 Å². The van der Waals surface area contributed by atoms with Crippen LogP contribution in [0.25, 0.3) is 0 Å². The first-order chi connectivity index (χ1) is 5.83. The van der Waals surface area contributed by atoms with E-state index in [0.29, 0.717) is 12.3 Å². The molecule has 0 radical (unpaired) electrons. The Morgan fingerprint density at radius 2 is 1.75 bits per heavy atom. The molecule has 1 aliphatic carbocycles. The molecule has 0 saturated heterocycles. The molecule has 1 nitrogen and oxygen atoms in total. The number of halogens is 1. The van der Waals surface area contributed by atoms with Crippen molar-refractivity contribution in [1.29, 1.82) is 0 Å². The van der Waals surface area contributed by atoms with Gasteiger partial charge in [-0.2, -0.15) is 0 Å². The highest BCUT2D eigenvalue weighted by atomic mass is 19.1. The average Bonchev–Trinajstić information content (AvgIpc) is 2.33. The zero-order valence-corrected chi connectivity index (χ0v) is 7.64. The number of rotatable bonds is 3. The van der Waals surface area contributed by atoms with Crippen LogP contribution in [-0.2, 0) is 0 Å². The Morgan fingerprint density at radius 1 is 1.17 bits per heavy atom. The van der Waals surface area contributed by atoms with Crippen molar-refractivity contribution in [2.75, 3.05) is 6.61 Å². The van der Waals surface area contributed by atoms with Gasteiger partial charge in [-0.05, 0) is 12.3 Å². The Bertz CT molecular complexity index is 108. The van der Waals surface area contributed by atoms with Gasteiger partial charge in [0.05, 0.1) is 6.61 Å². The molecular weight excluding hydrogens is 155 g/mol. The van der Waals surface area contributed by atoms with Gasteiger partial charge in [-0.25, -0.2) is 4.39 Å². The smallest absolute Gasteiger partial charge is 0.123 e. The third-order valence-corrected chi connectivity index (χ3v) is 2.76. The average molecular weight is 174 g/mol. The minimum Gasteiger partial charge on any atom is -0.393 e. The summed E-state index contributed by atoms with van der Waals surface area (Å²) in [4.78, 5) is 0. The van der Waals surface area contributed by atoms with Crippen LogP contribution in [0.5, 0.6) is 0 Å². The second-order valence-electron chi connectivity index (χ2n) is 3.87. The summed E-state index contributed by atoms with van der Waals surface area (Å²) in [6, 6.07) is 0. The first-order valence-corrected chi connectivity index (χ1v) is 5.08. The molecule has 1 fully saturated rings. The van der Waals surface area contributed by atoms with Gasteiger partial charge < -0.3 is 5.11 Å². The lowest BCUT2D eigenvalue weighted by Gasteiger charge is -2.14. The van der Waals surface area contributed by atoms with Crippen LogP contribution in [0.1, 0.15) is 44.9 Å². The summed E-state index contributed by atoms with van der Waals surface area (Å²) >= 11 is 0. The fourth-order valence-electron chi connectivity index (χ4n) is 2.04. The standard InChI is InChI=1S/C10H19FO/c11-10(8-12)7-9-5-3-1-2-4-6-9/h9-10,12H,1-8H2. The predicted octanol–water partition coefficient (Wildman–Crippen LogP) is 2.68. The third-order valence-electron chi connectivity index (χ3n) is 2.76. The molecule has 0 amide bonds. The molecule has 0 spiro atoms. The molecule has 0 aliphatic heterocycles. The molecule has 0 aromatic rings. The van der Waals surface area contributed by atoms with E-state index in [-0.39, 0.29) is 6.61 Å². The van der Waals surface area contributed by atoms with Gasteiger partial charge in [-0.15, -0.1) is 0 Å². The van der Waals surface area contributed by atoms with Crippen LogP contribution in [0, 0.1) is 5.92 Å². The molecule has 0 aromatic carbocycles. The number of aliphatic hydroxyl groups is 1. The lowest BCUT2D eigenvalue weighted by molar-refractivity contribution is 0.149. The Morgan fingerprint density at radius 3 is 2.25 bits per heavy atom. The van der Waals surface area contributed by atoms with Crippen molar-refractivity contribution in [2.45, 2.75) is 51.1 Å². The first-order valence-electron chi connectivity index (χ1n) is 5.08. The van der Waals surface area contributed by atoms with Crippen LogP contribution in [0.2, 0.25) is 0 Å². The number of hydrogen-bond acceptors (Lipinski definition) is 1. The molecule has 1 rings (SSSR count). The highest BCUT2D eigenvalue weighted by molar-refractivity contribution is 4.68. The molecular formula is C10H19FO. The van der Waals surface area contributed by atoms with Crippen molar-refractivity contribution in [1.82, 2.24) is 0 Å². The number of hydrogen-bond donors (Lipinski definition) is 1. The van der Waals surface area contributed by atoms with Crippen molar-refractivity contribution in [2.24, 2.45) is 5.92 Å². The van der Waals surface area contributed by atoms with Crippen LogP contribution in [-0.4, -0.2) is 17.9 Å². The molecule has 0 aromatic heterocycles. The van der Waals surface area contributed by atoms with Crippen molar-refractivity contribution in [3.63, 3.8) is 0 Å². The third kappa shape index (κ3) is 3.53. The van der Waals surface area contributed by atoms with E-state index >= 15 is 0 Å². The summed E-state index contributed by atoms with van der Waals surface area (Å²) < 4.78 is 12.8. The van der Waals surface area contributed by atoms with Crippen LogP contribution in [0.15, 0.2) is 0 Å². The Hall–Kier alpha value is -0.110. The Balaban J connectivity index is 2.20. The molecule has 1 saturated carbocycles. The molecule has 1 atom stereocenters. The van der Waals surface area contributed by atoms with E-state index in [1.54, 1.807) is 0 Å². The minimum atomic E-state index is -0.979. The van der Waals surface area contributed by atoms with Gasteiger partial charge in [-0.3, -0.25) is 0 Å². The van der Waals surface area contributed by atoms with E-state index in [1.165, 1.54) is 38.5 Å². The molecule has 0 heterocycles. The SMILES string of the molecule is OCC(F)CC1CCCCCC1. The number of alkyl halides is 1. The van der Waals surface area contributed by atoms with Crippen molar-refractivity contribution in [3.8, 4) is 0 Å². The van der Waals surface area contributed by atoms with E-state index in [4.69, 9.17) is 5.11 Å². The summed E-state index contributed by atoms with van der Waals surface area (Å²) in [7, 11) is 0. The molecule has 1 aliphatic rings. The summed E-state index contributed by atoms with van der Waals surface area (Å²) in [5.41, 5.74) is 0. The fraction of sp³-hybridized carbons (Fsp3) is 1.00. The second-order valence-corrected chi connectivity index (χ2v) is 3.87. The zero-order valence-electron chi connectivity index (χ0n) is 7.64. The quantitative estimate of drug-likeness (QED) is 0.652. The minimum absolute atomic E-state index is 0.295. The van der Waals surface area contributed by atoms with Crippen molar-refractivity contribution < 1.29 is 9.50 Å². The zero-order chi connectivity index (χ0) is 8.81. The normalized spacial score (nSPS) is 23.5. The fourth-order valence-corrected chi connectivity index (χ4v) is 2.04. The maximum Gasteiger partial charge on any atom is 0.123 e. The van der Waals surface area contributed by atoms with E-state index in [2.05, 4.69) is 0 Å². The maximum atomic E-state index is 12.8. The summed E-state index contributed by atoms with van der Waals surface area (Å²) in [5, 5.41) is 8.56. The molecule has 2 heteroatoms. The van der Waals surface area contributed by atoms with Gasteiger partial charge in [-0.1, -0.05) is 38.5 Å². The molecule has 0 bridgehead atoms. The maximum absolute atomic E-state index is 12.8. The van der Waals surface area contributed by atoms with Gasteiger partial charge >= 0.3 is 0 Å². The Kier molecular flexibility index (Phi) is 4.59. The molecule has 1 N–H and O–H groups in total. The highest BCUT2D eigenvalue weighted by Crippen LogP contribution is 2.26. The highest BCUT2D eigenvalue weighted by Gasteiger charge is 2.16. The van der Waals surface area contributed by atoms with Gasteiger partial charge in [0.1, 0.15) is 6.17 Å². The van der Waals surface area contributed by atoms with E-state index < -0.39 is 6.17 Å². The summed E-state index contributed by atoms with van der Waals surface area (Å²) in [6.07, 6.45) is 7.07. The van der Waals surface area contributed by atoms with E-state index in [9.17, 15) is 4.39 Å². The van der Waals surface area contributed by atoms with Crippen LogP contribution in [0.3, 0.4) is 0 Å². The van der Waals surface area contributed by atoms with E-state index in [0.717, 1.165) is 0 Å². The predicted molar refractivity (Wildman–Crippen MR) is 47.8 cm³/mol. The summed E-state index contributed by atoms with van der Waals surface area (Å²) in [5.74, 6) is 0.537. The van der Waals surface area contributed by atoms with Crippen LogP contribution < -0.4 is 0 Å². The lowest BCUT2D eigenvalue weighted by atomic mass is 9.94. The molecule has 72 valence electrons. The second kappa shape index (κ2) is 5.52. The Labute approximate surface area is 74.0 Å². The van der Waals surface area contributed by atoms with Crippen LogP contribution in [0.4, 0.5) is 4.39 Å². The molecule has 12 heavy (non-hydrogen) atoms. The monoisotopic (exact) mass is 174 g/mol. The van der Waals surface area contributed by atoms with Gasteiger partial charge in [0.15, 0.2) is 0 Å².